The highest BCUT2D eigenvalue weighted by molar-refractivity contribution is 5.79. The number of fused-ring (bicyclic) bond motifs is 1. The van der Waals surface area contributed by atoms with E-state index in [0.717, 1.165) is 42.7 Å². The fourth-order valence-electron chi connectivity index (χ4n) is 4.32. The second-order valence-corrected chi connectivity index (χ2v) is 7.77. The highest BCUT2D eigenvalue weighted by atomic mass is 16.6. The number of ether oxygens (including phenoxy) is 2. The molecule has 0 saturated heterocycles. The van der Waals surface area contributed by atoms with Crippen molar-refractivity contribution >= 4 is 5.96 Å². The predicted octanol–water partition coefficient (Wildman–Crippen LogP) is 3.07. The molecule has 6 heteroatoms. The van der Waals surface area contributed by atoms with Crippen LogP contribution in [0.25, 0.3) is 0 Å². The summed E-state index contributed by atoms with van der Waals surface area (Å²) in [7, 11) is 1.82. The first-order valence-corrected chi connectivity index (χ1v) is 10.5. The van der Waals surface area contributed by atoms with E-state index in [9.17, 15) is 0 Å². The molecule has 1 aliphatic carbocycles. The summed E-state index contributed by atoms with van der Waals surface area (Å²) < 4.78 is 11.5. The number of hydrogen-bond acceptors (Lipinski definition) is 4. The molecule has 6 nitrogen and oxygen atoms in total. The molecule has 2 heterocycles. The van der Waals surface area contributed by atoms with Crippen LogP contribution < -0.4 is 20.1 Å². The molecule has 1 saturated carbocycles. The quantitative estimate of drug-likeness (QED) is 0.582. The zero-order valence-electron chi connectivity index (χ0n) is 17.1. The Bertz CT molecular complexity index is 832. The van der Waals surface area contributed by atoms with Gasteiger partial charge in [0.05, 0.1) is 0 Å². The average Bonchev–Trinajstić information content (AvgIpc) is 3.26. The molecule has 2 aromatic rings. The summed E-state index contributed by atoms with van der Waals surface area (Å²) in [6, 6.07) is 12.5. The highest BCUT2D eigenvalue weighted by Gasteiger charge is 2.36. The minimum Gasteiger partial charge on any atom is -0.486 e. The Hall–Kier alpha value is -2.76. The topological polar surface area (TPSA) is 67.8 Å². The summed E-state index contributed by atoms with van der Waals surface area (Å²) in [5, 5.41) is 6.98. The van der Waals surface area contributed by atoms with Gasteiger partial charge >= 0.3 is 0 Å². The summed E-state index contributed by atoms with van der Waals surface area (Å²) in [6.07, 6.45) is 7.55. The Balaban J connectivity index is 1.38. The molecule has 4 rings (SSSR count). The van der Waals surface area contributed by atoms with Crippen molar-refractivity contribution in [2.45, 2.75) is 37.5 Å². The first kappa shape index (κ1) is 19.6. The summed E-state index contributed by atoms with van der Waals surface area (Å²) in [6.45, 7) is 2.90. The van der Waals surface area contributed by atoms with Gasteiger partial charge < -0.3 is 20.1 Å². The summed E-state index contributed by atoms with van der Waals surface area (Å²) in [5.41, 5.74) is 2.52. The molecular weight excluding hydrogens is 364 g/mol. The molecule has 0 bridgehead atoms. The number of aliphatic imine (C=N–C) groups is 1. The number of nitrogens with one attached hydrogen (secondary N) is 2. The lowest BCUT2D eigenvalue weighted by Crippen LogP contribution is -2.45. The SMILES string of the molecule is CN=C(NCCc1ccccn1)NCC1(c2ccc3c(c2)OCCO3)CCCC1. The van der Waals surface area contributed by atoms with E-state index in [0.29, 0.717) is 13.2 Å². The van der Waals surface area contributed by atoms with Crippen LogP contribution in [0.3, 0.4) is 0 Å². The zero-order valence-corrected chi connectivity index (χ0v) is 17.1. The molecule has 1 aromatic heterocycles. The van der Waals surface area contributed by atoms with Crippen LogP contribution in [0.5, 0.6) is 11.5 Å². The Kier molecular flexibility index (Phi) is 6.17. The van der Waals surface area contributed by atoms with Crippen LogP contribution in [0.15, 0.2) is 47.6 Å². The molecular formula is C23H30N4O2. The number of rotatable bonds is 6. The van der Waals surface area contributed by atoms with Crippen LogP contribution in [0.2, 0.25) is 0 Å². The molecule has 2 N–H and O–H groups in total. The smallest absolute Gasteiger partial charge is 0.191 e. The van der Waals surface area contributed by atoms with Crippen molar-refractivity contribution in [1.82, 2.24) is 15.6 Å². The van der Waals surface area contributed by atoms with E-state index in [1.54, 1.807) is 0 Å². The van der Waals surface area contributed by atoms with Gasteiger partial charge in [-0.05, 0) is 42.7 Å². The third-order valence-electron chi connectivity index (χ3n) is 5.93. The Labute approximate surface area is 172 Å². The lowest BCUT2D eigenvalue weighted by molar-refractivity contribution is 0.171. The maximum Gasteiger partial charge on any atom is 0.191 e. The molecule has 2 aliphatic rings. The summed E-state index contributed by atoms with van der Waals surface area (Å²) >= 11 is 0. The third-order valence-corrected chi connectivity index (χ3v) is 5.93. The molecule has 154 valence electrons. The van der Waals surface area contributed by atoms with Crippen molar-refractivity contribution in [3.05, 3.63) is 53.9 Å². The Morgan fingerprint density at radius 2 is 1.90 bits per heavy atom. The van der Waals surface area contributed by atoms with E-state index >= 15 is 0 Å². The van der Waals surface area contributed by atoms with E-state index in [2.05, 4.69) is 38.8 Å². The maximum absolute atomic E-state index is 5.82. The van der Waals surface area contributed by atoms with Gasteiger partial charge in [-0.3, -0.25) is 9.98 Å². The zero-order chi connectivity index (χ0) is 19.9. The molecule has 0 unspecified atom stereocenters. The van der Waals surface area contributed by atoms with Crippen molar-refractivity contribution in [3.8, 4) is 11.5 Å². The Morgan fingerprint density at radius 1 is 1.07 bits per heavy atom. The fraction of sp³-hybridized carbons (Fsp3) is 0.478. The van der Waals surface area contributed by atoms with Crippen LogP contribution in [0, 0.1) is 0 Å². The van der Waals surface area contributed by atoms with Gasteiger partial charge in [-0.25, -0.2) is 0 Å². The number of nitrogens with zero attached hydrogens (tertiary/aromatic N) is 2. The van der Waals surface area contributed by atoms with Gasteiger partial charge in [-0.15, -0.1) is 0 Å². The predicted molar refractivity (Wildman–Crippen MR) is 115 cm³/mol. The standard InChI is InChI=1S/C23H30N4O2/c1-24-22(26-13-9-19-6-2-5-12-25-19)27-17-23(10-3-4-11-23)18-7-8-20-21(16-18)29-15-14-28-20/h2,5-8,12,16H,3-4,9-11,13-15,17H2,1H3,(H2,24,26,27). The molecule has 1 aliphatic heterocycles. The van der Waals surface area contributed by atoms with Crippen molar-refractivity contribution < 1.29 is 9.47 Å². The maximum atomic E-state index is 5.82. The van der Waals surface area contributed by atoms with E-state index in [1.807, 2.05) is 31.4 Å². The lowest BCUT2D eigenvalue weighted by atomic mass is 9.78. The second-order valence-electron chi connectivity index (χ2n) is 7.77. The highest BCUT2D eigenvalue weighted by Crippen LogP contribution is 2.43. The van der Waals surface area contributed by atoms with Crippen LogP contribution in [-0.2, 0) is 11.8 Å². The van der Waals surface area contributed by atoms with E-state index in [-0.39, 0.29) is 5.41 Å². The van der Waals surface area contributed by atoms with Crippen molar-refractivity contribution in [3.63, 3.8) is 0 Å². The lowest BCUT2D eigenvalue weighted by Gasteiger charge is -2.32. The van der Waals surface area contributed by atoms with Crippen LogP contribution in [0.1, 0.15) is 36.9 Å². The van der Waals surface area contributed by atoms with Crippen LogP contribution in [0.4, 0.5) is 0 Å². The largest absolute Gasteiger partial charge is 0.486 e. The van der Waals surface area contributed by atoms with Gasteiger partial charge in [0.2, 0.25) is 0 Å². The fourth-order valence-corrected chi connectivity index (χ4v) is 4.32. The average molecular weight is 395 g/mol. The molecule has 0 radical (unpaired) electrons. The Morgan fingerprint density at radius 3 is 2.66 bits per heavy atom. The van der Waals surface area contributed by atoms with E-state index in [4.69, 9.17) is 9.47 Å². The van der Waals surface area contributed by atoms with Crippen LogP contribution in [-0.4, -0.2) is 44.3 Å². The van der Waals surface area contributed by atoms with Crippen LogP contribution >= 0.6 is 0 Å². The van der Waals surface area contributed by atoms with Crippen molar-refractivity contribution in [2.75, 3.05) is 33.4 Å². The minimum absolute atomic E-state index is 0.106. The summed E-state index contributed by atoms with van der Waals surface area (Å²) in [5.74, 6) is 2.57. The molecule has 0 spiro atoms. The monoisotopic (exact) mass is 394 g/mol. The van der Waals surface area contributed by atoms with Gasteiger partial charge in [0, 0.05) is 43.9 Å². The molecule has 0 amide bonds. The summed E-state index contributed by atoms with van der Waals surface area (Å²) in [4.78, 5) is 8.78. The molecule has 1 fully saturated rings. The number of pyridine rings is 1. The van der Waals surface area contributed by atoms with Gasteiger partial charge in [-0.1, -0.05) is 25.0 Å². The van der Waals surface area contributed by atoms with Gasteiger partial charge in [-0.2, -0.15) is 0 Å². The van der Waals surface area contributed by atoms with Crippen molar-refractivity contribution in [1.29, 1.82) is 0 Å². The number of aromatic nitrogens is 1. The number of hydrogen-bond donors (Lipinski definition) is 2. The van der Waals surface area contributed by atoms with Gasteiger partial charge in [0.15, 0.2) is 17.5 Å². The normalized spacial score (nSPS) is 17.8. The molecule has 29 heavy (non-hydrogen) atoms. The number of benzene rings is 1. The van der Waals surface area contributed by atoms with Gasteiger partial charge in [0.1, 0.15) is 13.2 Å². The first-order chi connectivity index (χ1) is 14.3. The third kappa shape index (κ3) is 4.63. The molecule has 0 atom stereocenters. The number of guanidine groups is 1. The second kappa shape index (κ2) is 9.16. The minimum atomic E-state index is 0.106. The van der Waals surface area contributed by atoms with E-state index in [1.165, 1.54) is 31.2 Å². The van der Waals surface area contributed by atoms with E-state index < -0.39 is 0 Å². The first-order valence-electron chi connectivity index (χ1n) is 10.5. The molecule has 1 aromatic carbocycles. The van der Waals surface area contributed by atoms with Crippen molar-refractivity contribution in [2.24, 2.45) is 4.99 Å². The van der Waals surface area contributed by atoms with Gasteiger partial charge in [0.25, 0.3) is 0 Å².